The number of rotatable bonds is 6. The van der Waals surface area contributed by atoms with E-state index in [4.69, 9.17) is 4.74 Å². The summed E-state index contributed by atoms with van der Waals surface area (Å²) in [5.74, 6) is 0. The average molecular weight is 398 g/mol. The van der Waals surface area contributed by atoms with Crippen LogP contribution in [0.1, 0.15) is 54.8 Å². The minimum Gasteiger partial charge on any atom is -0.367 e. The average Bonchev–Trinajstić information content (AvgIpc) is 3.59. The monoisotopic (exact) mass is 397 g/mol. The lowest BCUT2D eigenvalue weighted by atomic mass is 9.80. The molecule has 3 aromatic rings. The standard InChI is InChI=1S/C28H31NO/c1-30-28(23-16-8-3-9-17-23,24-18-10-4-11-19-24)27-26(22-14-6-2-7-15-22)29(27)25-20-12-5-13-21-25/h2-4,6-11,14-19,25-27H,5,12-13,20-21H2,1H3/t26-,27+,29?/m1/s1. The molecule has 1 aliphatic carbocycles. The van der Waals surface area contributed by atoms with Gasteiger partial charge in [-0.05, 0) is 29.5 Å². The molecule has 1 unspecified atom stereocenters. The van der Waals surface area contributed by atoms with Crippen LogP contribution in [0.4, 0.5) is 0 Å². The minimum absolute atomic E-state index is 0.290. The number of benzene rings is 3. The van der Waals surface area contributed by atoms with E-state index >= 15 is 0 Å². The molecule has 0 bridgehead atoms. The molecule has 2 aliphatic rings. The second kappa shape index (κ2) is 8.37. The zero-order chi connectivity index (χ0) is 20.4. The number of methoxy groups -OCH3 is 1. The molecule has 0 amide bonds. The summed E-state index contributed by atoms with van der Waals surface area (Å²) in [4.78, 5) is 2.76. The smallest absolute Gasteiger partial charge is 0.135 e. The van der Waals surface area contributed by atoms with Crippen molar-refractivity contribution in [3.05, 3.63) is 108 Å². The van der Waals surface area contributed by atoms with Gasteiger partial charge in [0.05, 0.1) is 12.1 Å². The molecule has 0 spiro atoms. The first kappa shape index (κ1) is 19.5. The Morgan fingerprint density at radius 1 is 0.700 bits per heavy atom. The number of ether oxygens (including phenoxy) is 1. The van der Waals surface area contributed by atoms with Crippen LogP contribution in [0, 0.1) is 0 Å². The Morgan fingerprint density at radius 2 is 1.20 bits per heavy atom. The van der Waals surface area contributed by atoms with Gasteiger partial charge in [-0.15, -0.1) is 0 Å². The van der Waals surface area contributed by atoms with Crippen LogP contribution >= 0.6 is 0 Å². The number of hydrogen-bond donors (Lipinski definition) is 0. The highest BCUT2D eigenvalue weighted by Crippen LogP contribution is 2.58. The molecule has 154 valence electrons. The molecule has 0 aromatic heterocycles. The van der Waals surface area contributed by atoms with Gasteiger partial charge in [0, 0.05) is 13.2 Å². The Kier molecular flexibility index (Phi) is 5.45. The van der Waals surface area contributed by atoms with E-state index < -0.39 is 5.60 Å². The third kappa shape index (κ3) is 3.29. The minimum atomic E-state index is -0.486. The molecular weight excluding hydrogens is 366 g/mol. The molecule has 3 atom stereocenters. The summed E-state index contributed by atoms with van der Waals surface area (Å²) in [5, 5.41) is 0. The predicted octanol–water partition coefficient (Wildman–Crippen LogP) is 6.33. The van der Waals surface area contributed by atoms with Crippen LogP contribution < -0.4 is 0 Å². The molecule has 0 N–H and O–H groups in total. The first-order chi connectivity index (χ1) is 14.9. The molecule has 2 fully saturated rings. The van der Waals surface area contributed by atoms with Crippen LogP contribution in [-0.4, -0.2) is 24.1 Å². The summed E-state index contributed by atoms with van der Waals surface area (Å²) in [6.07, 6.45) is 6.64. The maximum atomic E-state index is 6.57. The lowest BCUT2D eigenvalue weighted by Crippen LogP contribution is -2.40. The van der Waals surface area contributed by atoms with Crippen molar-refractivity contribution in [2.75, 3.05) is 7.11 Å². The number of hydrogen-bond acceptors (Lipinski definition) is 2. The van der Waals surface area contributed by atoms with Crippen LogP contribution in [0.3, 0.4) is 0 Å². The fourth-order valence-corrected chi connectivity index (χ4v) is 5.75. The molecule has 3 aromatic carbocycles. The summed E-state index contributed by atoms with van der Waals surface area (Å²) < 4.78 is 6.57. The fourth-order valence-electron chi connectivity index (χ4n) is 5.75. The molecule has 30 heavy (non-hydrogen) atoms. The fraction of sp³-hybridized carbons (Fsp3) is 0.357. The van der Waals surface area contributed by atoms with Crippen molar-refractivity contribution >= 4 is 0 Å². The van der Waals surface area contributed by atoms with Crippen LogP contribution in [-0.2, 0) is 10.3 Å². The SMILES string of the molecule is COC(c1ccccc1)(c1ccccc1)[C@@H]1[C@@H](c2ccccc2)N1C1CCCCC1. The predicted molar refractivity (Wildman–Crippen MR) is 122 cm³/mol. The molecule has 1 aliphatic heterocycles. The van der Waals surface area contributed by atoms with Gasteiger partial charge in [-0.1, -0.05) is 110 Å². The van der Waals surface area contributed by atoms with E-state index in [1.54, 1.807) is 0 Å². The van der Waals surface area contributed by atoms with Gasteiger partial charge in [-0.2, -0.15) is 0 Å². The Labute approximate surface area is 180 Å². The van der Waals surface area contributed by atoms with Crippen molar-refractivity contribution in [1.29, 1.82) is 0 Å². The maximum Gasteiger partial charge on any atom is 0.135 e. The van der Waals surface area contributed by atoms with Gasteiger partial charge in [0.1, 0.15) is 5.60 Å². The van der Waals surface area contributed by atoms with E-state index in [-0.39, 0.29) is 6.04 Å². The van der Waals surface area contributed by atoms with E-state index in [1.807, 2.05) is 7.11 Å². The van der Waals surface area contributed by atoms with Gasteiger partial charge in [-0.3, -0.25) is 4.90 Å². The summed E-state index contributed by atoms with van der Waals surface area (Å²) >= 11 is 0. The molecule has 1 saturated carbocycles. The summed E-state index contributed by atoms with van der Waals surface area (Å²) in [7, 11) is 1.89. The Morgan fingerprint density at radius 3 is 1.70 bits per heavy atom. The zero-order valence-corrected chi connectivity index (χ0v) is 17.8. The lowest BCUT2D eigenvalue weighted by molar-refractivity contribution is 0.00497. The van der Waals surface area contributed by atoms with Crippen molar-refractivity contribution in [1.82, 2.24) is 4.90 Å². The molecule has 5 rings (SSSR count). The van der Waals surface area contributed by atoms with Crippen molar-refractivity contribution in [3.63, 3.8) is 0 Å². The second-order valence-corrected chi connectivity index (χ2v) is 8.71. The van der Waals surface area contributed by atoms with Crippen LogP contribution in [0.15, 0.2) is 91.0 Å². The summed E-state index contributed by atoms with van der Waals surface area (Å²) in [6.45, 7) is 0. The third-order valence-electron chi connectivity index (χ3n) is 7.13. The Bertz CT molecular complexity index is 895. The Balaban J connectivity index is 1.65. The molecule has 2 heteroatoms. The van der Waals surface area contributed by atoms with Crippen molar-refractivity contribution in [2.45, 2.75) is 55.8 Å². The van der Waals surface area contributed by atoms with E-state index in [2.05, 4.69) is 95.9 Å². The van der Waals surface area contributed by atoms with Gasteiger partial charge >= 0.3 is 0 Å². The van der Waals surface area contributed by atoms with Crippen molar-refractivity contribution in [2.24, 2.45) is 0 Å². The van der Waals surface area contributed by atoms with Crippen LogP contribution in [0.2, 0.25) is 0 Å². The molecule has 0 radical (unpaired) electrons. The quantitative estimate of drug-likeness (QED) is 0.450. The normalized spacial score (nSPS) is 24.5. The van der Waals surface area contributed by atoms with Gasteiger partial charge in [0.25, 0.3) is 0 Å². The van der Waals surface area contributed by atoms with Crippen molar-refractivity contribution in [3.8, 4) is 0 Å². The first-order valence-electron chi connectivity index (χ1n) is 11.3. The third-order valence-corrected chi connectivity index (χ3v) is 7.13. The van der Waals surface area contributed by atoms with E-state index in [0.717, 1.165) is 0 Å². The van der Waals surface area contributed by atoms with E-state index in [1.165, 1.54) is 48.8 Å². The van der Waals surface area contributed by atoms with Gasteiger partial charge in [-0.25, -0.2) is 0 Å². The summed E-state index contributed by atoms with van der Waals surface area (Å²) in [6, 6.07) is 34.0. The van der Waals surface area contributed by atoms with Crippen molar-refractivity contribution < 1.29 is 4.74 Å². The van der Waals surface area contributed by atoms with E-state index in [0.29, 0.717) is 12.1 Å². The highest BCUT2D eigenvalue weighted by molar-refractivity contribution is 5.45. The van der Waals surface area contributed by atoms with Crippen LogP contribution in [0.5, 0.6) is 0 Å². The van der Waals surface area contributed by atoms with Gasteiger partial charge in [0.2, 0.25) is 0 Å². The molecule has 1 saturated heterocycles. The molecular formula is C28H31NO. The highest BCUT2D eigenvalue weighted by Gasteiger charge is 2.63. The van der Waals surface area contributed by atoms with Crippen LogP contribution in [0.25, 0.3) is 0 Å². The van der Waals surface area contributed by atoms with Gasteiger partial charge < -0.3 is 4.74 Å². The number of nitrogens with zero attached hydrogens (tertiary/aromatic N) is 1. The lowest BCUT2D eigenvalue weighted by Gasteiger charge is -2.35. The largest absolute Gasteiger partial charge is 0.367 e. The summed E-state index contributed by atoms with van der Waals surface area (Å²) in [5.41, 5.74) is 3.40. The maximum absolute atomic E-state index is 6.57. The molecule has 2 nitrogen and oxygen atoms in total. The van der Waals surface area contributed by atoms with Gasteiger partial charge in [0.15, 0.2) is 0 Å². The zero-order valence-electron chi connectivity index (χ0n) is 17.8. The second-order valence-electron chi connectivity index (χ2n) is 8.71. The van der Waals surface area contributed by atoms with E-state index in [9.17, 15) is 0 Å². The Hall–Kier alpha value is -2.42. The molecule has 1 heterocycles. The highest BCUT2D eigenvalue weighted by atomic mass is 16.5. The first-order valence-corrected chi connectivity index (χ1v) is 11.3. The topological polar surface area (TPSA) is 12.2 Å².